The molecule has 0 unspecified atom stereocenters. The fourth-order valence-electron chi connectivity index (χ4n) is 0.683. The number of anilines is 2. The molecule has 1 aromatic heterocycles. The Morgan fingerprint density at radius 1 is 1.45 bits per heavy atom. The zero-order valence-electron chi connectivity index (χ0n) is 6.24. The summed E-state index contributed by atoms with van der Waals surface area (Å²) in [5, 5.41) is 0.831. The van der Waals surface area contributed by atoms with Gasteiger partial charge in [0.1, 0.15) is 10.8 Å². The van der Waals surface area contributed by atoms with Crippen LogP contribution in [0.25, 0.3) is 0 Å². The summed E-state index contributed by atoms with van der Waals surface area (Å²) in [7, 11) is 0. The quantitative estimate of drug-likeness (QED) is 0.506. The Morgan fingerprint density at radius 3 is 2.73 bits per heavy atom. The van der Waals surface area contributed by atoms with E-state index in [0.717, 1.165) is 10.8 Å². The topological polar surface area (TPSA) is 77.8 Å². The molecular weight excluding hydrogens is 160 g/mol. The van der Waals surface area contributed by atoms with Crippen molar-refractivity contribution in [3.63, 3.8) is 0 Å². The molecule has 0 aliphatic rings. The zero-order chi connectivity index (χ0) is 8.27. The number of rotatable bonds is 2. The van der Waals surface area contributed by atoms with E-state index >= 15 is 0 Å². The van der Waals surface area contributed by atoms with E-state index in [0.29, 0.717) is 5.82 Å². The highest BCUT2D eigenvalue weighted by Crippen LogP contribution is 2.16. The molecule has 11 heavy (non-hydrogen) atoms. The molecular formula is C6H10N4S. The highest BCUT2D eigenvalue weighted by Gasteiger charge is 1.97. The van der Waals surface area contributed by atoms with Gasteiger partial charge in [0.05, 0.1) is 0 Å². The van der Waals surface area contributed by atoms with Crippen LogP contribution in [0.3, 0.4) is 0 Å². The fourth-order valence-corrected chi connectivity index (χ4v) is 1.34. The molecule has 5 heteroatoms. The highest BCUT2D eigenvalue weighted by atomic mass is 32.2. The number of nitrogens with zero attached hydrogens (tertiary/aromatic N) is 2. The van der Waals surface area contributed by atoms with Crippen LogP contribution in [-0.2, 0) is 0 Å². The molecule has 0 bridgehead atoms. The Hall–Kier alpha value is -0.970. The second-order valence-corrected chi connectivity index (χ2v) is 3.21. The molecule has 1 rings (SSSR count). The number of aromatic nitrogens is 2. The Balaban J connectivity index is 2.89. The van der Waals surface area contributed by atoms with Gasteiger partial charge >= 0.3 is 0 Å². The minimum Gasteiger partial charge on any atom is -0.383 e. The number of hydrogen-bond donors (Lipinski definition) is 2. The van der Waals surface area contributed by atoms with Crippen LogP contribution in [-0.4, -0.2) is 15.7 Å². The normalized spacial score (nSPS) is 9.91. The molecule has 0 aromatic carbocycles. The molecule has 1 aromatic rings. The van der Waals surface area contributed by atoms with Crippen LogP contribution >= 0.6 is 11.8 Å². The van der Waals surface area contributed by atoms with E-state index in [1.54, 1.807) is 17.8 Å². The van der Waals surface area contributed by atoms with Crippen LogP contribution in [0.5, 0.6) is 0 Å². The zero-order valence-corrected chi connectivity index (χ0v) is 7.06. The first kappa shape index (κ1) is 8.13. The molecule has 0 fully saturated rings. The van der Waals surface area contributed by atoms with E-state index in [1.807, 2.05) is 6.92 Å². The molecule has 0 radical (unpaired) electrons. The largest absolute Gasteiger partial charge is 0.383 e. The van der Waals surface area contributed by atoms with Gasteiger partial charge in [-0.2, -0.15) is 4.98 Å². The van der Waals surface area contributed by atoms with E-state index < -0.39 is 0 Å². The van der Waals surface area contributed by atoms with Gasteiger partial charge in [-0.05, 0) is 5.75 Å². The van der Waals surface area contributed by atoms with Crippen molar-refractivity contribution in [1.82, 2.24) is 9.97 Å². The van der Waals surface area contributed by atoms with Crippen LogP contribution in [0, 0.1) is 0 Å². The molecule has 0 aliphatic carbocycles. The molecule has 4 N–H and O–H groups in total. The fraction of sp³-hybridized carbons (Fsp3) is 0.333. The summed E-state index contributed by atoms with van der Waals surface area (Å²) in [6.45, 7) is 2.04. The number of nitrogens with two attached hydrogens (primary N) is 2. The van der Waals surface area contributed by atoms with E-state index in [1.165, 1.54) is 0 Å². The SMILES string of the molecule is CCSc1cc(N)nc(N)n1. The van der Waals surface area contributed by atoms with Gasteiger partial charge in [-0.3, -0.25) is 0 Å². The van der Waals surface area contributed by atoms with Crippen LogP contribution in [0.4, 0.5) is 11.8 Å². The van der Waals surface area contributed by atoms with Gasteiger partial charge in [0, 0.05) is 6.07 Å². The summed E-state index contributed by atoms with van der Waals surface area (Å²) in [4.78, 5) is 7.72. The van der Waals surface area contributed by atoms with Crippen molar-refractivity contribution in [3.8, 4) is 0 Å². The van der Waals surface area contributed by atoms with Crippen LogP contribution in [0.2, 0.25) is 0 Å². The highest BCUT2D eigenvalue weighted by molar-refractivity contribution is 7.99. The Bertz CT molecular complexity index is 230. The van der Waals surface area contributed by atoms with Crippen LogP contribution < -0.4 is 11.5 Å². The molecule has 4 nitrogen and oxygen atoms in total. The van der Waals surface area contributed by atoms with Crippen molar-refractivity contribution in [3.05, 3.63) is 6.07 Å². The van der Waals surface area contributed by atoms with Crippen molar-refractivity contribution >= 4 is 23.5 Å². The van der Waals surface area contributed by atoms with Crippen molar-refractivity contribution in [2.24, 2.45) is 0 Å². The second-order valence-electron chi connectivity index (χ2n) is 1.92. The van der Waals surface area contributed by atoms with Gasteiger partial charge in [0.15, 0.2) is 0 Å². The monoisotopic (exact) mass is 170 g/mol. The average molecular weight is 170 g/mol. The van der Waals surface area contributed by atoms with E-state index in [2.05, 4.69) is 9.97 Å². The molecule has 0 saturated carbocycles. The average Bonchev–Trinajstić information content (AvgIpc) is 1.85. The summed E-state index contributed by atoms with van der Waals surface area (Å²) >= 11 is 1.59. The van der Waals surface area contributed by atoms with Crippen LogP contribution in [0.1, 0.15) is 6.92 Å². The van der Waals surface area contributed by atoms with Gasteiger partial charge in [0.25, 0.3) is 0 Å². The molecule has 0 aliphatic heterocycles. The Kier molecular flexibility index (Phi) is 2.53. The van der Waals surface area contributed by atoms with Gasteiger partial charge in [-0.25, -0.2) is 4.98 Å². The molecule has 60 valence electrons. The maximum absolute atomic E-state index is 5.45. The first-order valence-electron chi connectivity index (χ1n) is 3.25. The van der Waals surface area contributed by atoms with Gasteiger partial charge in [-0.15, -0.1) is 11.8 Å². The lowest BCUT2D eigenvalue weighted by Crippen LogP contribution is -1.99. The summed E-state index contributed by atoms with van der Waals surface area (Å²) in [6.07, 6.45) is 0. The standard InChI is InChI=1S/C6H10N4S/c1-2-11-5-3-4(7)9-6(8)10-5/h3H,2H2,1H3,(H4,7,8,9,10). The minimum atomic E-state index is 0.237. The number of nitrogen functional groups attached to an aromatic ring is 2. The maximum atomic E-state index is 5.45. The van der Waals surface area contributed by atoms with Crippen molar-refractivity contribution in [1.29, 1.82) is 0 Å². The lowest BCUT2D eigenvalue weighted by molar-refractivity contribution is 1.07. The van der Waals surface area contributed by atoms with Gasteiger partial charge < -0.3 is 11.5 Å². The number of thioether (sulfide) groups is 1. The number of hydrogen-bond acceptors (Lipinski definition) is 5. The van der Waals surface area contributed by atoms with Gasteiger partial charge in [0.2, 0.25) is 5.95 Å². The third-order valence-electron chi connectivity index (χ3n) is 1.03. The summed E-state index contributed by atoms with van der Waals surface area (Å²) in [5.74, 6) is 1.62. The molecule has 0 spiro atoms. The first-order chi connectivity index (χ1) is 5.22. The van der Waals surface area contributed by atoms with E-state index in [9.17, 15) is 0 Å². The summed E-state index contributed by atoms with van der Waals surface area (Å²) in [5.41, 5.74) is 10.8. The van der Waals surface area contributed by atoms with Gasteiger partial charge in [-0.1, -0.05) is 6.92 Å². The molecule has 0 saturated heterocycles. The molecule has 0 atom stereocenters. The lowest BCUT2D eigenvalue weighted by Gasteiger charge is -1.99. The van der Waals surface area contributed by atoms with E-state index in [-0.39, 0.29) is 5.95 Å². The smallest absolute Gasteiger partial charge is 0.223 e. The predicted molar refractivity (Wildman–Crippen MR) is 47.3 cm³/mol. The van der Waals surface area contributed by atoms with Crippen molar-refractivity contribution in [2.75, 3.05) is 17.2 Å². The molecule has 0 amide bonds. The summed E-state index contributed by atoms with van der Waals surface area (Å²) in [6, 6.07) is 1.71. The summed E-state index contributed by atoms with van der Waals surface area (Å²) < 4.78 is 0. The third kappa shape index (κ3) is 2.27. The van der Waals surface area contributed by atoms with Crippen molar-refractivity contribution < 1.29 is 0 Å². The van der Waals surface area contributed by atoms with Crippen molar-refractivity contribution in [2.45, 2.75) is 11.9 Å². The second kappa shape index (κ2) is 3.43. The minimum absolute atomic E-state index is 0.237. The Labute approximate surface area is 69.4 Å². The lowest BCUT2D eigenvalue weighted by atomic mass is 10.6. The molecule has 1 heterocycles. The maximum Gasteiger partial charge on any atom is 0.223 e. The Morgan fingerprint density at radius 2 is 2.18 bits per heavy atom. The van der Waals surface area contributed by atoms with Crippen LogP contribution in [0.15, 0.2) is 11.1 Å². The first-order valence-corrected chi connectivity index (χ1v) is 4.23. The van der Waals surface area contributed by atoms with E-state index in [4.69, 9.17) is 11.5 Å². The third-order valence-corrected chi connectivity index (χ3v) is 1.83. The predicted octanol–water partition coefficient (Wildman–Crippen LogP) is 0.753.